The molecule has 2 aliphatic heterocycles. The Morgan fingerprint density at radius 1 is 1.18 bits per heavy atom. The molecule has 1 fully saturated rings. The lowest BCUT2D eigenvalue weighted by Crippen LogP contribution is -2.61. The second-order valence-electron chi connectivity index (χ2n) is 9.53. The summed E-state index contributed by atoms with van der Waals surface area (Å²) in [5.41, 5.74) is 11.9. The maximum absolute atomic E-state index is 15.0. The molecular weight excluding hydrogens is 529 g/mol. The first kappa shape index (κ1) is 28.1. The van der Waals surface area contributed by atoms with Crippen LogP contribution in [0.1, 0.15) is 29.6 Å². The van der Waals surface area contributed by atoms with Gasteiger partial charge in [-0.15, -0.1) is 0 Å². The van der Waals surface area contributed by atoms with E-state index < -0.39 is 38.9 Å². The number of amides is 1. The minimum absolute atomic E-state index is 0.105. The number of benzene rings is 2. The Bertz CT molecular complexity index is 1360. The molecule has 12 nitrogen and oxygen atoms in total. The Morgan fingerprint density at radius 2 is 1.87 bits per heavy atom. The molecule has 1 saturated heterocycles. The number of aliphatic imine (C=N–C) groups is 1. The van der Waals surface area contributed by atoms with Gasteiger partial charge in [-0.1, -0.05) is 0 Å². The van der Waals surface area contributed by atoms with Crippen LogP contribution in [-0.4, -0.2) is 75.0 Å². The largest absolute Gasteiger partial charge is 0.479 e. The van der Waals surface area contributed by atoms with Crippen molar-refractivity contribution < 1.29 is 27.5 Å². The fourth-order valence-corrected chi connectivity index (χ4v) is 5.86. The van der Waals surface area contributed by atoms with Gasteiger partial charge in [-0.25, -0.2) is 17.6 Å². The molecule has 0 unspecified atom stereocenters. The van der Waals surface area contributed by atoms with Crippen LogP contribution in [0, 0.1) is 5.82 Å². The summed E-state index contributed by atoms with van der Waals surface area (Å²) in [6.07, 6.45) is 2.56. The van der Waals surface area contributed by atoms with Crippen molar-refractivity contribution in [2.45, 2.75) is 35.1 Å². The number of guanidine groups is 1. The van der Waals surface area contributed by atoms with Gasteiger partial charge < -0.3 is 37.4 Å². The number of nitrogen functional groups attached to an aromatic ring is 1. The lowest BCUT2D eigenvalue weighted by atomic mass is 10.0. The molecular formula is C25H32FN7O5S. The summed E-state index contributed by atoms with van der Waals surface area (Å²) in [5, 5.41) is 18.5. The van der Waals surface area contributed by atoms with Gasteiger partial charge in [0.2, 0.25) is 14.7 Å². The number of hydrogen-bond donors (Lipinski definition) is 6. The van der Waals surface area contributed by atoms with E-state index in [1.807, 2.05) is 4.90 Å². The topological polar surface area (TPSA) is 192 Å². The summed E-state index contributed by atoms with van der Waals surface area (Å²) in [6.45, 7) is 1.93. The number of piperidine rings is 1. The summed E-state index contributed by atoms with van der Waals surface area (Å²) >= 11 is 0. The number of carboxylic acid groups (broad SMARTS) is 1. The van der Waals surface area contributed by atoms with Crippen molar-refractivity contribution >= 4 is 39.0 Å². The number of sulfone groups is 1. The molecule has 2 heterocycles. The van der Waals surface area contributed by atoms with Gasteiger partial charge in [-0.3, -0.25) is 9.79 Å². The fourth-order valence-electron chi connectivity index (χ4n) is 4.45. The Morgan fingerprint density at radius 3 is 2.46 bits per heavy atom. The Hall–Kier alpha value is -3.91. The molecule has 0 aromatic heterocycles. The van der Waals surface area contributed by atoms with Gasteiger partial charge in [0.05, 0.1) is 17.1 Å². The zero-order valence-corrected chi connectivity index (χ0v) is 22.0. The van der Waals surface area contributed by atoms with Crippen LogP contribution in [0.4, 0.5) is 15.8 Å². The first-order valence-electron chi connectivity index (χ1n) is 12.5. The van der Waals surface area contributed by atoms with E-state index in [0.29, 0.717) is 18.8 Å². The number of halogens is 1. The lowest BCUT2D eigenvalue weighted by molar-refractivity contribution is -0.139. The van der Waals surface area contributed by atoms with Gasteiger partial charge in [0.25, 0.3) is 5.91 Å². The highest BCUT2D eigenvalue weighted by Crippen LogP contribution is 2.26. The number of nitrogens with two attached hydrogens (primary N) is 2. The molecule has 2 aromatic rings. The van der Waals surface area contributed by atoms with Crippen LogP contribution < -0.4 is 32.3 Å². The van der Waals surface area contributed by atoms with Crippen LogP contribution in [0.3, 0.4) is 0 Å². The fraction of sp³-hybridized carbons (Fsp3) is 0.400. The summed E-state index contributed by atoms with van der Waals surface area (Å²) < 4.78 is 41.0. The van der Waals surface area contributed by atoms with E-state index >= 15 is 4.39 Å². The Balaban J connectivity index is 1.39. The quantitative estimate of drug-likeness (QED) is 0.244. The maximum Gasteiger partial charge on any atom is 0.341 e. The number of nitrogens with one attached hydrogen (secondary N) is 3. The van der Waals surface area contributed by atoms with Crippen molar-refractivity contribution in [3.63, 3.8) is 0 Å². The molecule has 0 bridgehead atoms. The predicted octanol–water partition coefficient (Wildman–Crippen LogP) is 0.259. The highest BCUT2D eigenvalue weighted by atomic mass is 32.2. The van der Waals surface area contributed by atoms with Crippen LogP contribution in [0.25, 0.3) is 0 Å². The van der Waals surface area contributed by atoms with Crippen molar-refractivity contribution in [2.75, 3.05) is 43.4 Å². The number of nitrogens with zero attached hydrogens (tertiary/aromatic N) is 2. The van der Waals surface area contributed by atoms with E-state index in [1.54, 1.807) is 0 Å². The third-order valence-corrected chi connectivity index (χ3v) is 9.00. The van der Waals surface area contributed by atoms with Crippen LogP contribution >= 0.6 is 0 Å². The summed E-state index contributed by atoms with van der Waals surface area (Å²) in [7, 11) is -4.63. The Labute approximate surface area is 225 Å². The van der Waals surface area contributed by atoms with Gasteiger partial charge in [0.1, 0.15) is 5.82 Å². The minimum atomic E-state index is -4.63. The lowest BCUT2D eigenvalue weighted by Gasteiger charge is -2.35. The number of hydrogen-bond acceptors (Lipinski definition) is 10. The molecule has 0 spiro atoms. The van der Waals surface area contributed by atoms with E-state index in [1.165, 1.54) is 24.3 Å². The molecule has 0 radical (unpaired) electrons. The third-order valence-electron chi connectivity index (χ3n) is 6.83. The average Bonchev–Trinajstić information content (AvgIpc) is 2.92. The molecule has 4 rings (SSSR count). The molecule has 1 atom stereocenters. The van der Waals surface area contributed by atoms with Crippen molar-refractivity contribution in [3.8, 4) is 0 Å². The van der Waals surface area contributed by atoms with Crippen LogP contribution in [0.2, 0.25) is 0 Å². The van der Waals surface area contributed by atoms with Crippen molar-refractivity contribution in [2.24, 2.45) is 10.7 Å². The first-order valence-corrected chi connectivity index (χ1v) is 14.0. The number of aliphatic carboxylic acids is 1. The van der Waals surface area contributed by atoms with Gasteiger partial charge >= 0.3 is 5.97 Å². The summed E-state index contributed by atoms with van der Waals surface area (Å²) in [5.74, 6) is -2.55. The Kier molecular flexibility index (Phi) is 8.25. The van der Waals surface area contributed by atoms with Gasteiger partial charge in [0, 0.05) is 43.5 Å². The number of carbonyl (C=O) groups is 2. The minimum Gasteiger partial charge on any atom is -0.479 e. The van der Waals surface area contributed by atoms with Crippen LogP contribution in [-0.2, 0) is 14.6 Å². The molecule has 2 aliphatic rings. The SMILES string of the molecule is Nc1ccc(S(=O)(=O)[C@@](N)(CNC(=O)c2ccc(N3CCC(NC4=NCCCN4)CC3)c(F)c2)C(=O)O)cc1. The number of rotatable bonds is 8. The number of carbonyl (C=O) groups excluding carboxylic acids is 1. The standard InChI is InChI=1S/C25H32FN7O5S/c26-20-14-16(2-7-21(20)33-12-8-18(9-13-33)32-24-29-10-1-11-30-24)22(34)31-15-25(28,23(35)36)39(37,38)19-5-3-17(27)4-6-19/h2-7,14,18H,1,8-13,15,27-28H2,(H,31,34)(H,35,36)(H2,29,30,32)/t25-/m0/s1. The zero-order valence-electron chi connectivity index (χ0n) is 21.2. The average molecular weight is 562 g/mol. The van der Waals surface area contributed by atoms with Crippen LogP contribution in [0.15, 0.2) is 52.4 Å². The molecule has 210 valence electrons. The normalized spacial score (nSPS) is 17.9. The van der Waals surface area contributed by atoms with Crippen molar-refractivity contribution in [3.05, 3.63) is 53.8 Å². The molecule has 8 N–H and O–H groups in total. The molecule has 0 saturated carbocycles. The molecule has 39 heavy (non-hydrogen) atoms. The van der Waals surface area contributed by atoms with Crippen molar-refractivity contribution in [1.82, 2.24) is 16.0 Å². The van der Waals surface area contributed by atoms with Gasteiger partial charge in [-0.05, 0) is 61.7 Å². The molecule has 0 aliphatic carbocycles. The molecule has 2 aromatic carbocycles. The number of anilines is 2. The summed E-state index contributed by atoms with van der Waals surface area (Å²) in [6, 6.07) is 8.96. The molecule has 1 amide bonds. The highest BCUT2D eigenvalue weighted by Gasteiger charge is 2.49. The second-order valence-corrected chi connectivity index (χ2v) is 11.7. The van der Waals surface area contributed by atoms with E-state index in [4.69, 9.17) is 11.5 Å². The highest BCUT2D eigenvalue weighted by molar-refractivity contribution is 7.93. The van der Waals surface area contributed by atoms with Gasteiger partial charge in [-0.2, -0.15) is 0 Å². The van der Waals surface area contributed by atoms with E-state index in [9.17, 15) is 23.1 Å². The van der Waals surface area contributed by atoms with E-state index in [0.717, 1.165) is 56.5 Å². The zero-order chi connectivity index (χ0) is 28.2. The van der Waals surface area contributed by atoms with Crippen molar-refractivity contribution in [1.29, 1.82) is 0 Å². The second kappa shape index (κ2) is 11.5. The smallest absolute Gasteiger partial charge is 0.341 e. The summed E-state index contributed by atoms with van der Waals surface area (Å²) in [4.78, 5) is 27.7. The third kappa shape index (κ3) is 6.06. The monoisotopic (exact) mass is 561 g/mol. The maximum atomic E-state index is 15.0. The van der Waals surface area contributed by atoms with E-state index in [2.05, 4.69) is 20.9 Å². The molecule has 14 heteroatoms. The van der Waals surface area contributed by atoms with Crippen LogP contribution in [0.5, 0.6) is 0 Å². The predicted molar refractivity (Wildman–Crippen MR) is 145 cm³/mol. The van der Waals surface area contributed by atoms with Gasteiger partial charge in [0.15, 0.2) is 5.96 Å². The number of carboxylic acids is 1. The first-order chi connectivity index (χ1) is 18.5. The van der Waals surface area contributed by atoms with E-state index in [-0.39, 0.29) is 22.2 Å².